The van der Waals surface area contributed by atoms with Crippen molar-refractivity contribution < 1.29 is 0 Å². The van der Waals surface area contributed by atoms with E-state index < -0.39 is 0 Å². The molecular weight excluding hydrogens is 250 g/mol. The molecule has 0 saturated heterocycles. The molecule has 0 saturated carbocycles. The van der Waals surface area contributed by atoms with Crippen LogP contribution in [0.3, 0.4) is 0 Å². The third-order valence-electron chi connectivity index (χ3n) is 3.88. The average molecular weight is 269 g/mol. The van der Waals surface area contributed by atoms with E-state index in [1.807, 2.05) is 48.9 Å². The minimum Gasteiger partial charge on any atom is -0.359 e. The molecule has 4 nitrogen and oxygen atoms in total. The summed E-state index contributed by atoms with van der Waals surface area (Å²) >= 11 is 0. The van der Waals surface area contributed by atoms with E-state index in [0.29, 0.717) is 0 Å². The highest BCUT2D eigenvalue weighted by Crippen LogP contribution is 2.35. The van der Waals surface area contributed by atoms with Gasteiger partial charge in [0, 0.05) is 37.8 Å². The minimum absolute atomic E-state index is 0.0487. The Kier molecular flexibility index (Phi) is 3.10. The third kappa shape index (κ3) is 1.93. The number of anilines is 1. The Morgan fingerprint density at radius 2 is 1.90 bits per heavy atom. The van der Waals surface area contributed by atoms with Gasteiger partial charge in [-0.1, -0.05) is 30.3 Å². The summed E-state index contributed by atoms with van der Waals surface area (Å²) in [4.78, 5) is 14.4. The van der Waals surface area contributed by atoms with Crippen molar-refractivity contribution in [3.8, 4) is 11.1 Å². The number of pyridine rings is 1. The van der Waals surface area contributed by atoms with Crippen LogP contribution < -0.4 is 16.2 Å². The maximum Gasteiger partial charge on any atom is 0.252 e. The van der Waals surface area contributed by atoms with Crippen LogP contribution in [0.15, 0.2) is 41.2 Å². The summed E-state index contributed by atoms with van der Waals surface area (Å²) in [5.41, 5.74) is 9.29. The summed E-state index contributed by atoms with van der Waals surface area (Å²) in [5, 5.41) is 0. The molecule has 0 fully saturated rings. The van der Waals surface area contributed by atoms with E-state index in [1.165, 1.54) is 0 Å². The van der Waals surface area contributed by atoms with Gasteiger partial charge in [-0.3, -0.25) is 9.36 Å². The van der Waals surface area contributed by atoms with Gasteiger partial charge in [-0.25, -0.2) is 0 Å². The van der Waals surface area contributed by atoms with Crippen LogP contribution in [0.4, 0.5) is 5.82 Å². The van der Waals surface area contributed by atoms with E-state index in [1.54, 1.807) is 6.07 Å². The first-order chi connectivity index (χ1) is 9.59. The largest absolute Gasteiger partial charge is 0.359 e. The summed E-state index contributed by atoms with van der Waals surface area (Å²) in [6.07, 6.45) is 0. The summed E-state index contributed by atoms with van der Waals surface area (Å²) in [6.45, 7) is 3.56. The van der Waals surface area contributed by atoms with E-state index in [0.717, 1.165) is 35.6 Å². The van der Waals surface area contributed by atoms with Crippen molar-refractivity contribution in [3.63, 3.8) is 0 Å². The second kappa shape index (κ2) is 4.80. The first kappa shape index (κ1) is 12.9. The average Bonchev–Trinajstić information content (AvgIpc) is 2.82. The van der Waals surface area contributed by atoms with E-state index in [-0.39, 0.29) is 11.6 Å². The molecule has 2 aromatic rings. The van der Waals surface area contributed by atoms with E-state index >= 15 is 0 Å². The summed E-state index contributed by atoms with van der Waals surface area (Å²) in [5.74, 6) is 0.964. The summed E-state index contributed by atoms with van der Waals surface area (Å²) < 4.78 is 1.82. The fourth-order valence-electron chi connectivity index (χ4n) is 2.94. The molecule has 3 rings (SSSR count). The van der Waals surface area contributed by atoms with Gasteiger partial charge < -0.3 is 10.6 Å². The van der Waals surface area contributed by atoms with Crippen molar-refractivity contribution in [1.82, 2.24) is 4.57 Å². The van der Waals surface area contributed by atoms with Gasteiger partial charge in [0.25, 0.3) is 5.56 Å². The molecule has 1 atom stereocenters. The van der Waals surface area contributed by atoms with Crippen LogP contribution >= 0.6 is 0 Å². The predicted molar refractivity (Wildman–Crippen MR) is 82.0 cm³/mol. The Balaban J connectivity index is 2.34. The smallest absolute Gasteiger partial charge is 0.252 e. The lowest BCUT2D eigenvalue weighted by Gasteiger charge is -2.22. The second-order valence-corrected chi connectivity index (χ2v) is 5.36. The van der Waals surface area contributed by atoms with Gasteiger partial charge in [0.2, 0.25) is 0 Å². The number of rotatable bonds is 2. The van der Waals surface area contributed by atoms with Crippen molar-refractivity contribution >= 4 is 5.82 Å². The lowest BCUT2D eigenvalue weighted by Crippen LogP contribution is -2.23. The molecule has 1 aliphatic heterocycles. The molecule has 2 N–H and O–H groups in total. The third-order valence-corrected chi connectivity index (χ3v) is 3.88. The number of aromatic nitrogens is 1. The first-order valence-corrected chi connectivity index (χ1v) is 6.89. The standard InChI is InChI=1S/C16H19N3O/c1-11(17)15-13(12-6-4-3-5-7-12)10-14(20)19-9-8-18(2)16(15)19/h3-7,10-11H,8-9,17H2,1-2H3. The number of hydrogen-bond donors (Lipinski definition) is 1. The van der Waals surface area contributed by atoms with Gasteiger partial charge >= 0.3 is 0 Å². The Morgan fingerprint density at radius 3 is 2.55 bits per heavy atom. The van der Waals surface area contributed by atoms with Crippen LogP contribution in [0.1, 0.15) is 18.5 Å². The minimum atomic E-state index is -0.118. The highest BCUT2D eigenvalue weighted by molar-refractivity contribution is 5.74. The fraction of sp³-hybridized carbons (Fsp3) is 0.312. The Hall–Kier alpha value is -2.07. The Bertz CT molecular complexity index is 689. The van der Waals surface area contributed by atoms with Crippen LogP contribution in [0.2, 0.25) is 0 Å². The van der Waals surface area contributed by atoms with Gasteiger partial charge in [-0.15, -0.1) is 0 Å². The number of hydrogen-bond acceptors (Lipinski definition) is 3. The summed E-state index contributed by atoms with van der Waals surface area (Å²) in [6, 6.07) is 11.6. The van der Waals surface area contributed by atoms with Crippen molar-refractivity contribution in [3.05, 3.63) is 52.3 Å². The molecule has 0 spiro atoms. The first-order valence-electron chi connectivity index (χ1n) is 6.89. The van der Waals surface area contributed by atoms with Crippen molar-refractivity contribution in [2.24, 2.45) is 5.73 Å². The van der Waals surface area contributed by atoms with Crippen LogP contribution in [-0.2, 0) is 6.54 Å². The molecule has 2 heterocycles. The molecule has 0 aliphatic carbocycles. The highest BCUT2D eigenvalue weighted by atomic mass is 16.1. The molecule has 1 unspecified atom stereocenters. The molecular formula is C16H19N3O. The SMILES string of the molecule is CC(N)c1c(-c2ccccc2)cc(=O)n2c1N(C)CC2. The molecule has 0 amide bonds. The number of benzene rings is 1. The van der Waals surface area contributed by atoms with Gasteiger partial charge in [0.15, 0.2) is 0 Å². The molecule has 1 aromatic heterocycles. The fourth-order valence-corrected chi connectivity index (χ4v) is 2.94. The van der Waals surface area contributed by atoms with Crippen LogP contribution in [0, 0.1) is 0 Å². The van der Waals surface area contributed by atoms with E-state index in [2.05, 4.69) is 4.90 Å². The quantitative estimate of drug-likeness (QED) is 0.907. The Morgan fingerprint density at radius 1 is 1.20 bits per heavy atom. The number of likely N-dealkylation sites (N-methyl/N-ethyl adjacent to an activating group) is 1. The zero-order valence-electron chi connectivity index (χ0n) is 11.8. The van der Waals surface area contributed by atoms with Crippen LogP contribution in [-0.4, -0.2) is 18.2 Å². The molecule has 104 valence electrons. The monoisotopic (exact) mass is 269 g/mol. The van der Waals surface area contributed by atoms with E-state index in [4.69, 9.17) is 5.73 Å². The number of fused-ring (bicyclic) bond motifs is 1. The highest BCUT2D eigenvalue weighted by Gasteiger charge is 2.25. The zero-order chi connectivity index (χ0) is 14.3. The molecule has 4 heteroatoms. The second-order valence-electron chi connectivity index (χ2n) is 5.36. The number of nitrogens with two attached hydrogens (primary N) is 1. The van der Waals surface area contributed by atoms with Crippen LogP contribution in [0.5, 0.6) is 0 Å². The van der Waals surface area contributed by atoms with Gasteiger partial charge in [0.1, 0.15) is 5.82 Å². The number of nitrogens with zero attached hydrogens (tertiary/aromatic N) is 2. The zero-order valence-corrected chi connectivity index (χ0v) is 11.8. The molecule has 0 radical (unpaired) electrons. The maximum absolute atomic E-state index is 12.3. The van der Waals surface area contributed by atoms with Crippen LogP contribution in [0.25, 0.3) is 11.1 Å². The van der Waals surface area contributed by atoms with Gasteiger partial charge in [-0.05, 0) is 18.1 Å². The molecule has 20 heavy (non-hydrogen) atoms. The molecule has 1 aromatic carbocycles. The normalized spacial score (nSPS) is 15.2. The van der Waals surface area contributed by atoms with Gasteiger partial charge in [0.05, 0.1) is 0 Å². The predicted octanol–water partition coefficient (Wildman–Crippen LogP) is 1.98. The maximum atomic E-state index is 12.3. The lowest BCUT2D eigenvalue weighted by molar-refractivity contribution is 0.749. The van der Waals surface area contributed by atoms with Gasteiger partial charge in [-0.2, -0.15) is 0 Å². The summed E-state index contributed by atoms with van der Waals surface area (Å²) in [7, 11) is 2.01. The Labute approximate surface area is 118 Å². The van der Waals surface area contributed by atoms with E-state index in [9.17, 15) is 4.79 Å². The topological polar surface area (TPSA) is 51.3 Å². The van der Waals surface area contributed by atoms with Crippen molar-refractivity contribution in [1.29, 1.82) is 0 Å². The van der Waals surface area contributed by atoms with Crippen molar-refractivity contribution in [2.45, 2.75) is 19.5 Å². The lowest BCUT2D eigenvalue weighted by atomic mass is 9.96. The van der Waals surface area contributed by atoms with Crippen molar-refractivity contribution in [2.75, 3.05) is 18.5 Å². The molecule has 1 aliphatic rings. The molecule has 0 bridgehead atoms.